The fraction of sp³-hybridized carbons (Fsp3) is 0. The van der Waals surface area contributed by atoms with E-state index in [-0.39, 0.29) is 0 Å². The molecule has 66 valence electrons. The molecule has 0 fully saturated rings. The van der Waals surface area contributed by atoms with Crippen LogP contribution < -0.4 is 11.3 Å². The molecule has 0 radical (unpaired) electrons. The van der Waals surface area contributed by atoms with Crippen molar-refractivity contribution in [3.63, 3.8) is 0 Å². The van der Waals surface area contributed by atoms with Gasteiger partial charge >= 0.3 is 0 Å². The second kappa shape index (κ2) is 3.28. The molecule has 0 heterocycles. The SMILES string of the molecule is NNc1cc2ccccc2cc1S. The van der Waals surface area contributed by atoms with Gasteiger partial charge in [-0.15, -0.1) is 12.6 Å². The van der Waals surface area contributed by atoms with Gasteiger partial charge in [-0.2, -0.15) is 0 Å². The lowest BCUT2D eigenvalue weighted by Crippen LogP contribution is -2.07. The van der Waals surface area contributed by atoms with Gasteiger partial charge in [-0.1, -0.05) is 24.3 Å². The minimum absolute atomic E-state index is 0.849. The minimum Gasteiger partial charge on any atom is -0.323 e. The summed E-state index contributed by atoms with van der Waals surface area (Å²) in [5.74, 6) is 5.34. The van der Waals surface area contributed by atoms with E-state index in [2.05, 4.69) is 24.1 Å². The molecule has 3 heteroatoms. The van der Waals surface area contributed by atoms with E-state index < -0.39 is 0 Å². The molecular formula is C10H10N2S. The lowest BCUT2D eigenvalue weighted by molar-refractivity contribution is 1.31. The van der Waals surface area contributed by atoms with Crippen molar-refractivity contribution < 1.29 is 0 Å². The summed E-state index contributed by atoms with van der Waals surface area (Å²) < 4.78 is 0. The summed E-state index contributed by atoms with van der Waals surface area (Å²) >= 11 is 4.31. The number of nitrogens with two attached hydrogens (primary N) is 1. The third kappa shape index (κ3) is 1.48. The quantitative estimate of drug-likeness (QED) is 0.367. The van der Waals surface area contributed by atoms with Gasteiger partial charge in [0.1, 0.15) is 0 Å². The van der Waals surface area contributed by atoms with E-state index in [4.69, 9.17) is 5.84 Å². The highest BCUT2D eigenvalue weighted by Crippen LogP contribution is 2.25. The maximum absolute atomic E-state index is 5.34. The lowest BCUT2D eigenvalue weighted by Gasteiger charge is -2.05. The van der Waals surface area contributed by atoms with Crippen LogP contribution in [-0.2, 0) is 0 Å². The van der Waals surface area contributed by atoms with Crippen LogP contribution in [0.5, 0.6) is 0 Å². The van der Waals surface area contributed by atoms with Crippen LogP contribution in [0.3, 0.4) is 0 Å². The average Bonchev–Trinajstić information content (AvgIpc) is 2.17. The Hall–Kier alpha value is -1.19. The normalized spacial score (nSPS) is 10.3. The molecule has 0 atom stereocenters. The predicted molar refractivity (Wildman–Crippen MR) is 59.0 cm³/mol. The Morgan fingerprint density at radius 1 is 1.08 bits per heavy atom. The van der Waals surface area contributed by atoms with Crippen LogP contribution in [-0.4, -0.2) is 0 Å². The summed E-state index contributed by atoms with van der Waals surface area (Å²) in [5, 5.41) is 2.33. The van der Waals surface area contributed by atoms with Crippen LogP contribution >= 0.6 is 12.6 Å². The number of thiol groups is 1. The number of hydrazine groups is 1. The van der Waals surface area contributed by atoms with Crippen LogP contribution in [0.2, 0.25) is 0 Å². The minimum atomic E-state index is 0.849. The molecule has 0 unspecified atom stereocenters. The Balaban J connectivity index is 2.74. The third-order valence-corrected chi connectivity index (χ3v) is 2.39. The van der Waals surface area contributed by atoms with E-state index in [0.717, 1.165) is 16.0 Å². The van der Waals surface area contributed by atoms with Gasteiger partial charge in [0.25, 0.3) is 0 Å². The van der Waals surface area contributed by atoms with Crippen molar-refractivity contribution in [1.82, 2.24) is 0 Å². The Morgan fingerprint density at radius 3 is 2.31 bits per heavy atom. The maximum atomic E-state index is 5.34. The van der Waals surface area contributed by atoms with E-state index >= 15 is 0 Å². The zero-order valence-corrected chi connectivity index (χ0v) is 7.88. The topological polar surface area (TPSA) is 38.0 Å². The number of hydrogen-bond acceptors (Lipinski definition) is 3. The molecule has 0 bridgehead atoms. The molecule has 2 aromatic rings. The van der Waals surface area contributed by atoms with E-state index in [0.29, 0.717) is 0 Å². The standard InChI is InChI=1S/C10H10N2S/c11-12-9-5-7-3-1-2-4-8(7)6-10(9)13/h1-6,12-13H,11H2. The first kappa shape index (κ1) is 8.41. The van der Waals surface area contributed by atoms with Gasteiger partial charge in [0.15, 0.2) is 0 Å². The van der Waals surface area contributed by atoms with Gasteiger partial charge in [-0.3, -0.25) is 5.84 Å². The van der Waals surface area contributed by atoms with Crippen molar-refractivity contribution in [2.45, 2.75) is 4.90 Å². The first-order valence-corrected chi connectivity index (χ1v) is 4.44. The summed E-state index contributed by atoms with van der Waals surface area (Å²) in [6.45, 7) is 0. The van der Waals surface area contributed by atoms with Crippen LogP contribution in [0.1, 0.15) is 0 Å². The molecule has 0 saturated carbocycles. The number of rotatable bonds is 1. The molecule has 3 N–H and O–H groups in total. The molecule has 0 amide bonds. The van der Waals surface area contributed by atoms with Gasteiger partial charge in [0.2, 0.25) is 0 Å². The van der Waals surface area contributed by atoms with Gasteiger partial charge in [0, 0.05) is 4.90 Å². The molecule has 0 spiro atoms. The molecule has 0 aliphatic heterocycles. The first-order valence-electron chi connectivity index (χ1n) is 3.99. The summed E-state index contributed by atoms with van der Waals surface area (Å²) in [7, 11) is 0. The summed E-state index contributed by atoms with van der Waals surface area (Å²) in [4.78, 5) is 0.862. The zero-order chi connectivity index (χ0) is 9.26. The number of anilines is 1. The third-order valence-electron chi connectivity index (χ3n) is 2.02. The predicted octanol–water partition coefficient (Wildman–Crippen LogP) is 2.41. The van der Waals surface area contributed by atoms with Crippen molar-refractivity contribution in [2.75, 3.05) is 5.43 Å². The Morgan fingerprint density at radius 2 is 1.69 bits per heavy atom. The van der Waals surface area contributed by atoms with Gasteiger partial charge in [-0.05, 0) is 22.9 Å². The van der Waals surface area contributed by atoms with Crippen molar-refractivity contribution in [3.05, 3.63) is 36.4 Å². The highest BCUT2D eigenvalue weighted by Gasteiger charge is 1.99. The largest absolute Gasteiger partial charge is 0.323 e. The van der Waals surface area contributed by atoms with Crippen molar-refractivity contribution in [3.8, 4) is 0 Å². The molecule has 0 aliphatic carbocycles. The maximum Gasteiger partial charge on any atom is 0.0624 e. The number of fused-ring (bicyclic) bond motifs is 1. The molecule has 13 heavy (non-hydrogen) atoms. The van der Waals surface area contributed by atoms with Gasteiger partial charge < -0.3 is 5.43 Å². The Kier molecular flexibility index (Phi) is 2.12. The lowest BCUT2D eigenvalue weighted by atomic mass is 10.1. The van der Waals surface area contributed by atoms with E-state index in [1.165, 1.54) is 5.39 Å². The molecule has 2 rings (SSSR count). The summed E-state index contributed by atoms with van der Waals surface area (Å²) in [5.41, 5.74) is 3.46. The summed E-state index contributed by atoms with van der Waals surface area (Å²) in [6.07, 6.45) is 0. The van der Waals surface area contributed by atoms with Crippen molar-refractivity contribution in [2.24, 2.45) is 5.84 Å². The van der Waals surface area contributed by atoms with Gasteiger partial charge in [0.05, 0.1) is 5.69 Å². The fourth-order valence-electron chi connectivity index (χ4n) is 1.34. The second-order valence-corrected chi connectivity index (χ2v) is 3.34. The number of nitrogen functional groups attached to an aromatic ring is 1. The molecular weight excluding hydrogens is 180 g/mol. The first-order chi connectivity index (χ1) is 6.31. The molecule has 0 saturated heterocycles. The van der Waals surface area contributed by atoms with E-state index in [1.807, 2.05) is 30.3 Å². The highest BCUT2D eigenvalue weighted by atomic mass is 32.1. The van der Waals surface area contributed by atoms with Crippen LogP contribution in [0.4, 0.5) is 5.69 Å². The van der Waals surface area contributed by atoms with Crippen molar-refractivity contribution >= 4 is 29.1 Å². The van der Waals surface area contributed by atoms with Crippen LogP contribution in [0.15, 0.2) is 41.3 Å². The number of hydrogen-bond donors (Lipinski definition) is 3. The number of benzene rings is 2. The van der Waals surface area contributed by atoms with Crippen LogP contribution in [0.25, 0.3) is 10.8 Å². The second-order valence-electron chi connectivity index (χ2n) is 2.86. The van der Waals surface area contributed by atoms with Crippen LogP contribution in [0, 0.1) is 0 Å². The fourth-order valence-corrected chi connectivity index (χ4v) is 1.61. The summed E-state index contributed by atoms with van der Waals surface area (Å²) in [6, 6.07) is 12.1. The Bertz CT molecular complexity index is 440. The number of nitrogens with one attached hydrogen (secondary N) is 1. The zero-order valence-electron chi connectivity index (χ0n) is 6.99. The molecule has 2 nitrogen and oxygen atoms in total. The Labute approximate surface area is 82.1 Å². The molecule has 2 aromatic carbocycles. The average molecular weight is 190 g/mol. The molecule has 0 aromatic heterocycles. The van der Waals surface area contributed by atoms with Crippen molar-refractivity contribution in [1.29, 1.82) is 0 Å². The smallest absolute Gasteiger partial charge is 0.0624 e. The monoisotopic (exact) mass is 190 g/mol. The van der Waals surface area contributed by atoms with E-state index in [1.54, 1.807) is 0 Å². The van der Waals surface area contributed by atoms with Gasteiger partial charge in [-0.25, -0.2) is 0 Å². The van der Waals surface area contributed by atoms with E-state index in [9.17, 15) is 0 Å². The molecule has 0 aliphatic rings. The highest BCUT2D eigenvalue weighted by molar-refractivity contribution is 7.80.